The largest absolute Gasteiger partial charge is 0.503 e. The number of ether oxygens (including phenoxy) is 1. The molecule has 1 aliphatic heterocycles. The van der Waals surface area contributed by atoms with Crippen LogP contribution in [-0.4, -0.2) is 35.4 Å². The van der Waals surface area contributed by atoms with Crippen molar-refractivity contribution in [1.82, 2.24) is 4.90 Å². The normalized spacial score (nSPS) is 17.0. The minimum Gasteiger partial charge on any atom is -0.503 e. The van der Waals surface area contributed by atoms with Crippen molar-refractivity contribution in [3.63, 3.8) is 0 Å². The lowest BCUT2D eigenvalue weighted by Gasteiger charge is -2.22. The highest BCUT2D eigenvalue weighted by atomic mass is 16.5. The molecule has 0 saturated heterocycles. The predicted molar refractivity (Wildman–Crippen MR) is 100 cm³/mol. The molecule has 0 radical (unpaired) electrons. The Hall–Kier alpha value is -3.54. The number of allylic oxidation sites excluding steroid dienone is 1. The second-order valence-electron chi connectivity index (χ2n) is 5.97. The number of benzene rings is 1. The molecular formula is C21H19NO5. The Morgan fingerprint density at radius 3 is 2.89 bits per heavy atom. The highest BCUT2D eigenvalue weighted by molar-refractivity contribution is 6.14. The van der Waals surface area contributed by atoms with Crippen LogP contribution in [-0.2, 0) is 9.59 Å². The SMILES string of the molecule is C=CCOc1cccc(C2C(C(=O)/C=C/c3ccco3)=C(O)C(=O)N2C)c1. The van der Waals surface area contributed by atoms with Gasteiger partial charge in [-0.05, 0) is 42.0 Å². The van der Waals surface area contributed by atoms with Gasteiger partial charge in [-0.1, -0.05) is 24.8 Å². The standard InChI is InChI=1S/C21H19NO5/c1-3-11-26-16-7-4-6-14(13-16)19-18(20(24)21(25)22(19)2)17(23)10-9-15-8-5-12-27-15/h3-10,12-13,19,24H,1,11H2,2H3/b10-9+. The number of aliphatic hydroxyl groups is 1. The van der Waals surface area contributed by atoms with Gasteiger partial charge in [0.25, 0.3) is 5.91 Å². The van der Waals surface area contributed by atoms with Crippen molar-refractivity contribution in [2.45, 2.75) is 6.04 Å². The molecule has 0 fully saturated rings. The number of carbonyl (C=O) groups excluding carboxylic acids is 2. The number of amides is 1. The van der Waals surface area contributed by atoms with Crippen molar-refractivity contribution in [2.75, 3.05) is 13.7 Å². The molecule has 1 amide bonds. The van der Waals surface area contributed by atoms with Crippen LogP contribution in [0.5, 0.6) is 5.75 Å². The van der Waals surface area contributed by atoms with Crippen LogP contribution in [0.3, 0.4) is 0 Å². The van der Waals surface area contributed by atoms with Crippen LogP contribution in [0.1, 0.15) is 17.4 Å². The Morgan fingerprint density at radius 2 is 2.19 bits per heavy atom. The molecule has 0 spiro atoms. The fraction of sp³-hybridized carbons (Fsp3) is 0.143. The third-order valence-electron chi connectivity index (χ3n) is 4.19. The first kappa shape index (κ1) is 18.3. The van der Waals surface area contributed by atoms with Crippen molar-refractivity contribution in [2.24, 2.45) is 0 Å². The highest BCUT2D eigenvalue weighted by Crippen LogP contribution is 2.37. The molecule has 2 aromatic rings. The van der Waals surface area contributed by atoms with Gasteiger partial charge in [0.15, 0.2) is 11.5 Å². The summed E-state index contributed by atoms with van der Waals surface area (Å²) in [6.45, 7) is 3.94. The Balaban J connectivity index is 1.94. The summed E-state index contributed by atoms with van der Waals surface area (Å²) in [6, 6.07) is 9.73. The van der Waals surface area contributed by atoms with Crippen molar-refractivity contribution in [3.05, 3.63) is 84.0 Å². The number of nitrogens with zero attached hydrogens (tertiary/aromatic N) is 1. The topological polar surface area (TPSA) is 80.0 Å². The summed E-state index contributed by atoms with van der Waals surface area (Å²) in [6.07, 6.45) is 5.89. The molecule has 27 heavy (non-hydrogen) atoms. The summed E-state index contributed by atoms with van der Waals surface area (Å²) < 4.78 is 10.7. The zero-order valence-electron chi connectivity index (χ0n) is 14.8. The van der Waals surface area contributed by atoms with E-state index in [4.69, 9.17) is 9.15 Å². The highest BCUT2D eigenvalue weighted by Gasteiger charge is 2.40. The van der Waals surface area contributed by atoms with Crippen LogP contribution in [0.15, 0.2) is 77.1 Å². The maximum Gasteiger partial charge on any atom is 0.289 e. The molecule has 3 rings (SSSR count). The van der Waals surface area contributed by atoms with Crippen molar-refractivity contribution < 1.29 is 23.8 Å². The molecular weight excluding hydrogens is 346 g/mol. The molecule has 1 N–H and O–H groups in total. The Labute approximate surface area is 156 Å². The van der Waals surface area contributed by atoms with Gasteiger partial charge in [-0.3, -0.25) is 9.59 Å². The van der Waals surface area contributed by atoms with E-state index in [-0.39, 0.29) is 5.57 Å². The van der Waals surface area contributed by atoms with Crippen LogP contribution >= 0.6 is 0 Å². The average Bonchev–Trinajstić information content (AvgIpc) is 3.27. The van der Waals surface area contributed by atoms with Crippen molar-refractivity contribution in [3.8, 4) is 5.75 Å². The Kier molecular flexibility index (Phi) is 5.26. The summed E-state index contributed by atoms with van der Waals surface area (Å²) in [5.41, 5.74) is 0.678. The number of aliphatic hydroxyl groups excluding tert-OH is 1. The number of carbonyl (C=O) groups is 2. The summed E-state index contributed by atoms with van der Waals surface area (Å²) in [7, 11) is 1.54. The maximum atomic E-state index is 12.7. The fourth-order valence-corrected chi connectivity index (χ4v) is 2.93. The predicted octanol–water partition coefficient (Wildman–Crippen LogP) is 3.45. The lowest BCUT2D eigenvalue weighted by molar-refractivity contribution is -0.128. The van der Waals surface area contributed by atoms with Gasteiger partial charge in [-0.15, -0.1) is 0 Å². The molecule has 0 aliphatic carbocycles. The molecule has 1 atom stereocenters. The molecule has 6 heteroatoms. The third-order valence-corrected chi connectivity index (χ3v) is 4.19. The Morgan fingerprint density at radius 1 is 1.37 bits per heavy atom. The monoisotopic (exact) mass is 365 g/mol. The summed E-state index contributed by atoms with van der Waals surface area (Å²) in [4.78, 5) is 26.3. The number of ketones is 1. The molecule has 0 saturated carbocycles. The van der Waals surface area contributed by atoms with Gasteiger partial charge in [-0.2, -0.15) is 0 Å². The molecule has 0 bridgehead atoms. The minimum absolute atomic E-state index is 0.0196. The fourth-order valence-electron chi connectivity index (χ4n) is 2.93. The summed E-state index contributed by atoms with van der Waals surface area (Å²) in [5, 5.41) is 10.3. The van der Waals surface area contributed by atoms with Gasteiger partial charge >= 0.3 is 0 Å². The van der Waals surface area contributed by atoms with E-state index < -0.39 is 23.5 Å². The second-order valence-corrected chi connectivity index (χ2v) is 5.97. The molecule has 2 heterocycles. The first-order valence-corrected chi connectivity index (χ1v) is 8.32. The van der Waals surface area contributed by atoms with E-state index in [9.17, 15) is 14.7 Å². The quantitative estimate of drug-likeness (QED) is 0.600. The van der Waals surface area contributed by atoms with Crippen LogP contribution in [0.25, 0.3) is 6.08 Å². The molecule has 138 valence electrons. The zero-order chi connectivity index (χ0) is 19.4. The first-order valence-electron chi connectivity index (χ1n) is 8.32. The first-order chi connectivity index (χ1) is 13.0. The number of rotatable bonds is 7. The van der Waals surface area contributed by atoms with Gasteiger partial charge in [0.1, 0.15) is 18.1 Å². The van der Waals surface area contributed by atoms with Gasteiger partial charge < -0.3 is 19.2 Å². The lowest BCUT2D eigenvalue weighted by Crippen LogP contribution is -2.26. The zero-order valence-corrected chi connectivity index (χ0v) is 14.8. The van der Waals surface area contributed by atoms with Gasteiger partial charge in [0.05, 0.1) is 17.9 Å². The van der Waals surface area contributed by atoms with E-state index in [2.05, 4.69) is 6.58 Å². The molecule has 1 aromatic heterocycles. The summed E-state index contributed by atoms with van der Waals surface area (Å²) in [5.74, 6) is -0.541. The van der Waals surface area contributed by atoms with Crippen LogP contribution in [0.2, 0.25) is 0 Å². The van der Waals surface area contributed by atoms with Gasteiger partial charge in [0.2, 0.25) is 0 Å². The molecule has 1 aromatic carbocycles. The summed E-state index contributed by atoms with van der Waals surface area (Å²) >= 11 is 0. The molecule has 1 aliphatic rings. The van der Waals surface area contributed by atoms with Crippen LogP contribution in [0.4, 0.5) is 0 Å². The average molecular weight is 365 g/mol. The second kappa shape index (κ2) is 7.78. The van der Waals surface area contributed by atoms with Crippen LogP contribution in [0, 0.1) is 0 Å². The van der Waals surface area contributed by atoms with E-state index >= 15 is 0 Å². The molecule has 6 nitrogen and oxygen atoms in total. The number of furan rings is 1. The smallest absolute Gasteiger partial charge is 0.289 e. The van der Waals surface area contributed by atoms with E-state index in [0.29, 0.717) is 23.7 Å². The molecule has 1 unspecified atom stereocenters. The maximum absolute atomic E-state index is 12.7. The Bertz CT molecular complexity index is 924. The van der Waals surface area contributed by atoms with E-state index in [1.807, 2.05) is 0 Å². The number of hydrogen-bond acceptors (Lipinski definition) is 5. The lowest BCUT2D eigenvalue weighted by atomic mass is 9.96. The third kappa shape index (κ3) is 3.69. The van der Waals surface area contributed by atoms with Crippen molar-refractivity contribution >= 4 is 17.8 Å². The van der Waals surface area contributed by atoms with Crippen LogP contribution < -0.4 is 4.74 Å². The number of likely N-dealkylation sites (N-methyl/N-ethyl adjacent to an activating group) is 1. The van der Waals surface area contributed by atoms with E-state index in [1.54, 1.807) is 42.5 Å². The van der Waals surface area contributed by atoms with Gasteiger partial charge in [-0.25, -0.2) is 0 Å². The van der Waals surface area contributed by atoms with E-state index in [0.717, 1.165) is 0 Å². The van der Waals surface area contributed by atoms with Crippen molar-refractivity contribution in [1.29, 1.82) is 0 Å². The number of hydrogen-bond donors (Lipinski definition) is 1. The van der Waals surface area contributed by atoms with Gasteiger partial charge in [0, 0.05) is 7.05 Å². The van der Waals surface area contributed by atoms with E-state index in [1.165, 1.54) is 30.4 Å². The minimum atomic E-state index is -0.710.